The molecular formula is C19H30ClN5O3S. The zero-order valence-electron chi connectivity index (χ0n) is 16.9. The van der Waals surface area contributed by atoms with Crippen molar-refractivity contribution in [3.63, 3.8) is 0 Å². The van der Waals surface area contributed by atoms with Crippen LogP contribution in [-0.2, 0) is 9.59 Å². The highest BCUT2D eigenvalue weighted by Crippen LogP contribution is 2.51. The summed E-state index contributed by atoms with van der Waals surface area (Å²) in [6.45, 7) is 7.58. The second-order valence-corrected chi connectivity index (χ2v) is 10.4. The molecule has 0 aromatic heterocycles. The number of halogens is 1. The molecular weight excluding hydrogens is 414 g/mol. The van der Waals surface area contributed by atoms with Gasteiger partial charge in [0.15, 0.2) is 6.04 Å². The predicted octanol–water partition coefficient (Wildman–Crippen LogP) is 1.45. The van der Waals surface area contributed by atoms with Gasteiger partial charge >= 0.3 is 5.97 Å². The predicted molar refractivity (Wildman–Crippen MR) is 117 cm³/mol. The van der Waals surface area contributed by atoms with Crippen LogP contribution >= 0.6 is 24.2 Å². The van der Waals surface area contributed by atoms with E-state index in [-0.39, 0.29) is 23.7 Å². The van der Waals surface area contributed by atoms with Crippen LogP contribution in [0.5, 0.6) is 0 Å². The Labute approximate surface area is 182 Å². The maximum atomic E-state index is 12.5. The highest BCUT2D eigenvalue weighted by molar-refractivity contribution is 8.01. The lowest BCUT2D eigenvalue weighted by Crippen LogP contribution is -2.65. The number of nitrogens with one attached hydrogen (secondary N) is 1. The Kier molecular flexibility index (Phi) is 6.67. The fourth-order valence-corrected chi connectivity index (χ4v) is 6.23. The fourth-order valence-electron chi connectivity index (χ4n) is 4.61. The molecule has 2 N–H and O–H groups in total. The van der Waals surface area contributed by atoms with Gasteiger partial charge in [0.2, 0.25) is 0 Å². The summed E-state index contributed by atoms with van der Waals surface area (Å²) in [6.07, 6.45) is 6.31. The monoisotopic (exact) mass is 443 g/mol. The smallest absolute Gasteiger partial charge is 0.327 e. The van der Waals surface area contributed by atoms with Gasteiger partial charge in [-0.15, -0.1) is 24.2 Å². The molecule has 2 unspecified atom stereocenters. The van der Waals surface area contributed by atoms with E-state index in [0.29, 0.717) is 0 Å². The molecule has 0 spiro atoms. The quantitative estimate of drug-likeness (QED) is 0.366. The minimum absolute atomic E-state index is 0. The van der Waals surface area contributed by atoms with E-state index < -0.39 is 22.8 Å². The van der Waals surface area contributed by atoms with Crippen LogP contribution in [0.1, 0.15) is 39.5 Å². The summed E-state index contributed by atoms with van der Waals surface area (Å²) in [7, 11) is 0. The fraction of sp³-hybridized carbons (Fsp3) is 0.789. The number of carboxylic acids is 1. The molecule has 4 aliphatic rings. The number of aliphatic imine (C=N–C) groups is 2. The van der Waals surface area contributed by atoms with Gasteiger partial charge in [0.1, 0.15) is 11.4 Å². The largest absolute Gasteiger partial charge is 0.480 e. The molecule has 3 fully saturated rings. The highest BCUT2D eigenvalue weighted by Gasteiger charge is 2.63. The van der Waals surface area contributed by atoms with Crippen LogP contribution in [-0.4, -0.2) is 87.3 Å². The van der Waals surface area contributed by atoms with Crippen LogP contribution in [0.25, 0.3) is 0 Å². The molecule has 3 atom stereocenters. The third-order valence-corrected chi connectivity index (χ3v) is 7.78. The SMILES string of the molecule is CC1(C)SC2C(N=CN3CCC(CCC4=NCCN4)CC3)C(=O)N2[C@H]1C(=O)O.Cl. The van der Waals surface area contributed by atoms with Crippen molar-refractivity contribution in [1.82, 2.24) is 15.1 Å². The minimum atomic E-state index is -0.934. The van der Waals surface area contributed by atoms with Gasteiger partial charge in [-0.1, -0.05) is 0 Å². The van der Waals surface area contributed by atoms with Gasteiger partial charge in [0, 0.05) is 30.8 Å². The number of hydrogen-bond acceptors (Lipinski definition) is 6. The van der Waals surface area contributed by atoms with Crippen LogP contribution < -0.4 is 5.32 Å². The second kappa shape index (κ2) is 8.71. The molecule has 0 aliphatic carbocycles. The number of carbonyl (C=O) groups is 2. The van der Waals surface area contributed by atoms with Crippen molar-refractivity contribution in [2.24, 2.45) is 15.9 Å². The van der Waals surface area contributed by atoms with Gasteiger partial charge in [-0.05, 0) is 39.0 Å². The number of nitrogens with zero attached hydrogens (tertiary/aromatic N) is 4. The summed E-state index contributed by atoms with van der Waals surface area (Å²) >= 11 is 1.55. The van der Waals surface area contributed by atoms with Crippen molar-refractivity contribution >= 4 is 48.2 Å². The number of rotatable bonds is 6. The number of fused-ring (bicyclic) bond motifs is 1. The van der Waals surface area contributed by atoms with Crippen LogP contribution in [0.2, 0.25) is 0 Å². The molecule has 4 aliphatic heterocycles. The first-order valence-corrected chi connectivity index (χ1v) is 11.0. The standard InChI is InChI=1S/C19H29N5O3S.ClH/c1-19(2)15(18(26)27)24-16(25)14(17(24)28-19)22-11-23-9-5-12(6-10-23)3-4-13-20-7-8-21-13;/h11-12,14-15,17H,3-10H2,1-2H3,(H,20,21)(H,26,27);1H/t14?,15-,17?;/m0./s1. The summed E-state index contributed by atoms with van der Waals surface area (Å²) in [5, 5.41) is 12.7. The number of aliphatic carboxylic acids is 1. The molecule has 10 heteroatoms. The van der Waals surface area contributed by atoms with Crippen molar-refractivity contribution in [3.05, 3.63) is 0 Å². The lowest BCUT2D eigenvalue weighted by Gasteiger charge is -2.41. The van der Waals surface area contributed by atoms with Gasteiger partial charge in [-0.2, -0.15) is 0 Å². The summed E-state index contributed by atoms with van der Waals surface area (Å²) in [5.74, 6) is 0.787. The van der Waals surface area contributed by atoms with E-state index >= 15 is 0 Å². The molecule has 0 aromatic carbocycles. The van der Waals surface area contributed by atoms with Gasteiger partial charge in [-0.25, -0.2) is 4.79 Å². The van der Waals surface area contributed by atoms with E-state index in [2.05, 4.69) is 20.2 Å². The summed E-state index contributed by atoms with van der Waals surface area (Å²) < 4.78 is -0.493. The molecule has 0 aromatic rings. The minimum Gasteiger partial charge on any atom is -0.480 e. The number of thioether (sulfide) groups is 1. The number of carboxylic acid groups (broad SMARTS) is 1. The summed E-state index contributed by atoms with van der Waals surface area (Å²) in [5.41, 5.74) is 0. The van der Waals surface area contributed by atoms with Crippen molar-refractivity contribution in [2.45, 2.75) is 61.7 Å². The molecule has 29 heavy (non-hydrogen) atoms. The topological polar surface area (TPSA) is 97.6 Å². The maximum Gasteiger partial charge on any atom is 0.327 e. The first-order valence-electron chi connectivity index (χ1n) is 10.1. The molecule has 3 saturated heterocycles. The number of likely N-dealkylation sites (tertiary alicyclic amines) is 1. The van der Waals surface area contributed by atoms with Crippen molar-refractivity contribution in [3.8, 4) is 0 Å². The van der Waals surface area contributed by atoms with Crippen LogP contribution in [0.15, 0.2) is 9.98 Å². The maximum absolute atomic E-state index is 12.5. The number of hydrogen-bond donors (Lipinski definition) is 2. The third kappa shape index (κ3) is 4.35. The van der Waals surface area contributed by atoms with Crippen LogP contribution in [0.4, 0.5) is 0 Å². The Morgan fingerprint density at radius 2 is 2.14 bits per heavy atom. The molecule has 0 radical (unpaired) electrons. The Morgan fingerprint density at radius 3 is 2.76 bits per heavy atom. The molecule has 0 saturated carbocycles. The zero-order valence-corrected chi connectivity index (χ0v) is 18.5. The van der Waals surface area contributed by atoms with Crippen LogP contribution in [0, 0.1) is 5.92 Å². The Morgan fingerprint density at radius 1 is 1.41 bits per heavy atom. The lowest BCUT2D eigenvalue weighted by atomic mass is 9.92. The summed E-state index contributed by atoms with van der Waals surface area (Å²) in [6, 6.07) is -1.21. The third-order valence-electron chi connectivity index (χ3n) is 6.22. The van der Waals surface area contributed by atoms with E-state index in [0.717, 1.165) is 57.2 Å². The van der Waals surface area contributed by atoms with Crippen molar-refractivity contribution in [2.75, 3.05) is 26.2 Å². The van der Waals surface area contributed by atoms with Gasteiger partial charge in [0.25, 0.3) is 5.91 Å². The molecule has 0 bridgehead atoms. The van der Waals surface area contributed by atoms with E-state index in [1.54, 1.807) is 11.8 Å². The number of carbonyl (C=O) groups excluding carboxylic acids is 1. The highest BCUT2D eigenvalue weighted by atomic mass is 35.5. The second-order valence-electron chi connectivity index (χ2n) is 8.58. The number of piperidine rings is 1. The van der Waals surface area contributed by atoms with Gasteiger partial charge in [-0.3, -0.25) is 14.8 Å². The summed E-state index contributed by atoms with van der Waals surface area (Å²) in [4.78, 5) is 36.7. The van der Waals surface area contributed by atoms with E-state index in [1.165, 1.54) is 11.3 Å². The first kappa shape index (κ1) is 22.2. The number of β-lactam (4-membered cyclic amide) rings is 1. The Balaban J connectivity index is 0.00000240. The van der Waals surface area contributed by atoms with Gasteiger partial charge in [0.05, 0.1) is 18.7 Å². The van der Waals surface area contributed by atoms with Gasteiger partial charge < -0.3 is 20.2 Å². The lowest BCUT2D eigenvalue weighted by molar-refractivity contribution is -0.158. The van der Waals surface area contributed by atoms with E-state index in [1.807, 2.05) is 20.2 Å². The molecule has 1 amide bonds. The average Bonchev–Trinajstić information content (AvgIpc) is 3.25. The van der Waals surface area contributed by atoms with Crippen molar-refractivity contribution in [1.29, 1.82) is 0 Å². The van der Waals surface area contributed by atoms with E-state index in [9.17, 15) is 14.7 Å². The Hall–Kier alpha value is -1.48. The molecule has 8 nitrogen and oxygen atoms in total. The average molecular weight is 444 g/mol. The van der Waals surface area contributed by atoms with Crippen LogP contribution in [0.3, 0.4) is 0 Å². The van der Waals surface area contributed by atoms with Crippen molar-refractivity contribution < 1.29 is 14.7 Å². The Bertz CT molecular complexity index is 708. The van der Waals surface area contributed by atoms with E-state index in [4.69, 9.17) is 0 Å². The molecule has 162 valence electrons. The first-order chi connectivity index (χ1) is 13.4. The number of amides is 1. The normalized spacial score (nSPS) is 31.2. The zero-order chi connectivity index (χ0) is 19.9. The number of amidine groups is 1. The molecule has 4 rings (SSSR count). The molecule has 4 heterocycles.